The Morgan fingerprint density at radius 2 is 1.36 bits per heavy atom. The Bertz CT molecular complexity index is 1110. The van der Waals surface area contributed by atoms with Crippen LogP contribution < -0.4 is 14.2 Å². The highest BCUT2D eigenvalue weighted by Crippen LogP contribution is 2.41. The Morgan fingerprint density at radius 1 is 0.714 bits per heavy atom. The van der Waals surface area contributed by atoms with Crippen LogP contribution in [0.2, 0.25) is 0 Å². The van der Waals surface area contributed by atoms with E-state index in [9.17, 15) is 0 Å². The van der Waals surface area contributed by atoms with Crippen molar-refractivity contribution in [2.75, 3.05) is 21.3 Å². The Labute approximate surface area is 163 Å². The number of hydrogen-bond acceptors (Lipinski definition) is 5. The molecule has 2 aromatic carbocycles. The second-order valence-corrected chi connectivity index (χ2v) is 6.45. The molecule has 0 N–H and O–H groups in total. The summed E-state index contributed by atoms with van der Waals surface area (Å²) in [7, 11) is 4.78. The van der Waals surface area contributed by atoms with Crippen LogP contribution in [0.3, 0.4) is 0 Å². The number of fused-ring (bicyclic) bond motifs is 1. The van der Waals surface area contributed by atoms with Crippen molar-refractivity contribution in [3.63, 3.8) is 0 Å². The second kappa shape index (κ2) is 7.23. The molecule has 0 bridgehead atoms. The Balaban J connectivity index is 1.87. The topological polar surface area (TPSA) is 57.9 Å². The second-order valence-electron chi connectivity index (χ2n) is 6.45. The largest absolute Gasteiger partial charge is 0.493 e. The monoisotopic (exact) mass is 375 g/mol. The molecule has 0 fully saturated rings. The van der Waals surface area contributed by atoms with E-state index in [4.69, 9.17) is 14.2 Å². The molecule has 0 atom stereocenters. The van der Waals surface area contributed by atoms with E-state index in [0.717, 1.165) is 22.3 Å². The van der Waals surface area contributed by atoms with Crippen LogP contribution in [0.25, 0.3) is 28.2 Å². The summed E-state index contributed by atoms with van der Waals surface area (Å²) in [6, 6.07) is 16.2. The summed E-state index contributed by atoms with van der Waals surface area (Å²) < 4.78 is 18.3. The SMILES string of the molecule is COc1cc(-c2nnc3ccc(-c4ccc(C)cc4)cn23)cc(OC)c1OC. The fourth-order valence-corrected chi connectivity index (χ4v) is 3.21. The van der Waals surface area contributed by atoms with Gasteiger partial charge in [-0.1, -0.05) is 29.8 Å². The fraction of sp³-hybridized carbons (Fsp3) is 0.182. The lowest BCUT2D eigenvalue weighted by Gasteiger charge is -2.13. The van der Waals surface area contributed by atoms with Crippen molar-refractivity contribution in [1.82, 2.24) is 14.6 Å². The van der Waals surface area contributed by atoms with Gasteiger partial charge in [-0.15, -0.1) is 10.2 Å². The zero-order valence-corrected chi connectivity index (χ0v) is 16.3. The molecular formula is C22H21N3O3. The van der Waals surface area contributed by atoms with Crippen molar-refractivity contribution in [1.29, 1.82) is 0 Å². The minimum atomic E-state index is 0.544. The Kier molecular flexibility index (Phi) is 4.61. The lowest BCUT2D eigenvalue weighted by molar-refractivity contribution is 0.324. The lowest BCUT2D eigenvalue weighted by atomic mass is 10.1. The molecule has 0 saturated heterocycles. The summed E-state index contributed by atoms with van der Waals surface area (Å²) in [5.41, 5.74) is 5.04. The van der Waals surface area contributed by atoms with Gasteiger partial charge in [-0.05, 0) is 42.3 Å². The van der Waals surface area contributed by atoms with Crippen molar-refractivity contribution < 1.29 is 14.2 Å². The standard InChI is InChI=1S/C22H21N3O3/c1-14-5-7-15(8-6-14)16-9-10-20-23-24-22(25(20)13-16)17-11-18(26-2)21(28-4)19(12-17)27-3/h5-13H,1-4H3. The molecule has 0 amide bonds. The van der Waals surface area contributed by atoms with E-state index in [1.165, 1.54) is 5.56 Å². The maximum atomic E-state index is 5.47. The van der Waals surface area contributed by atoms with E-state index in [1.807, 2.05) is 34.9 Å². The first kappa shape index (κ1) is 17.9. The maximum absolute atomic E-state index is 5.47. The highest BCUT2D eigenvalue weighted by Gasteiger charge is 2.17. The Hall–Kier alpha value is -3.54. The van der Waals surface area contributed by atoms with Crippen LogP contribution in [0.1, 0.15) is 5.56 Å². The maximum Gasteiger partial charge on any atom is 0.203 e. The number of ether oxygens (including phenoxy) is 3. The highest BCUT2D eigenvalue weighted by atomic mass is 16.5. The van der Waals surface area contributed by atoms with Crippen LogP contribution in [0.4, 0.5) is 0 Å². The number of aryl methyl sites for hydroxylation is 1. The smallest absolute Gasteiger partial charge is 0.203 e. The molecular weight excluding hydrogens is 354 g/mol. The van der Waals surface area contributed by atoms with Gasteiger partial charge in [0, 0.05) is 11.8 Å². The summed E-state index contributed by atoms with van der Waals surface area (Å²) in [6.45, 7) is 2.08. The molecule has 0 aliphatic heterocycles. The summed E-state index contributed by atoms with van der Waals surface area (Å²) in [6.07, 6.45) is 2.04. The molecule has 0 saturated carbocycles. The number of benzene rings is 2. The number of aromatic nitrogens is 3. The van der Waals surface area contributed by atoms with Gasteiger partial charge in [-0.2, -0.15) is 0 Å². The first-order valence-electron chi connectivity index (χ1n) is 8.87. The average molecular weight is 375 g/mol. The number of nitrogens with zero attached hydrogens (tertiary/aromatic N) is 3. The molecule has 0 aliphatic rings. The van der Waals surface area contributed by atoms with E-state index in [-0.39, 0.29) is 0 Å². The number of rotatable bonds is 5. The third-order valence-corrected chi connectivity index (χ3v) is 4.71. The summed E-state index contributed by atoms with van der Waals surface area (Å²) in [5, 5.41) is 8.68. The van der Waals surface area contributed by atoms with Crippen LogP contribution >= 0.6 is 0 Å². The van der Waals surface area contributed by atoms with Gasteiger partial charge in [0.25, 0.3) is 0 Å². The van der Waals surface area contributed by atoms with Gasteiger partial charge >= 0.3 is 0 Å². The van der Waals surface area contributed by atoms with Gasteiger partial charge in [0.2, 0.25) is 5.75 Å². The highest BCUT2D eigenvalue weighted by molar-refractivity contribution is 5.71. The van der Waals surface area contributed by atoms with E-state index in [2.05, 4.69) is 41.4 Å². The Morgan fingerprint density at radius 3 is 1.96 bits per heavy atom. The zero-order chi connectivity index (χ0) is 19.7. The average Bonchev–Trinajstić information content (AvgIpc) is 3.16. The zero-order valence-electron chi connectivity index (χ0n) is 16.3. The van der Waals surface area contributed by atoms with E-state index >= 15 is 0 Å². The predicted molar refractivity (Wildman–Crippen MR) is 108 cm³/mol. The third-order valence-electron chi connectivity index (χ3n) is 4.71. The lowest BCUT2D eigenvalue weighted by Crippen LogP contribution is -1.97. The third kappa shape index (κ3) is 3.03. The quantitative estimate of drug-likeness (QED) is 0.518. The van der Waals surface area contributed by atoms with Gasteiger partial charge in [0.15, 0.2) is 23.0 Å². The molecule has 0 spiro atoms. The van der Waals surface area contributed by atoms with Gasteiger partial charge in [0.05, 0.1) is 21.3 Å². The van der Waals surface area contributed by atoms with Gasteiger partial charge in [0.1, 0.15) is 0 Å². The van der Waals surface area contributed by atoms with Gasteiger partial charge < -0.3 is 14.2 Å². The normalized spacial score (nSPS) is 10.9. The van der Waals surface area contributed by atoms with E-state index < -0.39 is 0 Å². The van der Waals surface area contributed by atoms with Crippen LogP contribution in [-0.2, 0) is 0 Å². The number of pyridine rings is 1. The minimum absolute atomic E-state index is 0.544. The van der Waals surface area contributed by atoms with Gasteiger partial charge in [-0.3, -0.25) is 4.40 Å². The van der Waals surface area contributed by atoms with Crippen molar-refractivity contribution in [3.05, 3.63) is 60.3 Å². The first-order chi connectivity index (χ1) is 13.6. The van der Waals surface area contributed by atoms with Crippen molar-refractivity contribution >= 4 is 5.65 Å². The van der Waals surface area contributed by atoms with Crippen molar-refractivity contribution in [2.45, 2.75) is 6.92 Å². The van der Waals surface area contributed by atoms with Crippen molar-refractivity contribution in [2.24, 2.45) is 0 Å². The minimum Gasteiger partial charge on any atom is -0.493 e. The van der Waals surface area contributed by atoms with Crippen LogP contribution in [0, 0.1) is 6.92 Å². The molecule has 0 aliphatic carbocycles. The molecule has 4 rings (SSSR count). The van der Waals surface area contributed by atoms with Crippen LogP contribution in [-0.4, -0.2) is 35.9 Å². The van der Waals surface area contributed by atoms with E-state index in [0.29, 0.717) is 23.1 Å². The molecule has 4 aromatic rings. The molecule has 2 heterocycles. The van der Waals surface area contributed by atoms with Gasteiger partial charge in [-0.25, -0.2) is 0 Å². The predicted octanol–water partition coefficient (Wildman–Crippen LogP) is 4.40. The molecule has 142 valence electrons. The molecule has 6 heteroatoms. The summed E-state index contributed by atoms with van der Waals surface area (Å²) in [4.78, 5) is 0. The molecule has 6 nitrogen and oxygen atoms in total. The van der Waals surface area contributed by atoms with E-state index in [1.54, 1.807) is 21.3 Å². The molecule has 2 aromatic heterocycles. The number of hydrogen-bond donors (Lipinski definition) is 0. The molecule has 28 heavy (non-hydrogen) atoms. The van der Waals surface area contributed by atoms with Crippen molar-refractivity contribution in [3.8, 4) is 39.8 Å². The number of methoxy groups -OCH3 is 3. The fourth-order valence-electron chi connectivity index (χ4n) is 3.21. The molecule has 0 radical (unpaired) electrons. The summed E-state index contributed by atoms with van der Waals surface area (Å²) >= 11 is 0. The molecule has 0 unspecified atom stereocenters. The first-order valence-corrected chi connectivity index (χ1v) is 8.87. The van der Waals surface area contributed by atoms with Crippen LogP contribution in [0.15, 0.2) is 54.7 Å². The summed E-state index contributed by atoms with van der Waals surface area (Å²) in [5.74, 6) is 2.39. The van der Waals surface area contributed by atoms with Crippen LogP contribution in [0.5, 0.6) is 17.2 Å².